The highest BCUT2D eigenvalue weighted by Gasteiger charge is 2.34. The van der Waals surface area contributed by atoms with Crippen LogP contribution in [0.1, 0.15) is 39.0 Å². The normalized spacial score (nSPS) is 13.2. The molecule has 1 heterocycles. The lowest BCUT2D eigenvalue weighted by Crippen LogP contribution is -2.55. The lowest BCUT2D eigenvalue weighted by molar-refractivity contribution is -0.00534. The van der Waals surface area contributed by atoms with Crippen molar-refractivity contribution in [2.75, 3.05) is 0 Å². The van der Waals surface area contributed by atoms with Gasteiger partial charge in [0.05, 0.1) is 11.3 Å². The minimum atomic E-state index is -0.810. The van der Waals surface area contributed by atoms with Gasteiger partial charge in [0.1, 0.15) is 5.15 Å². The largest absolute Gasteiger partial charge is 0.389 e. The molecule has 0 atom stereocenters. The Hall–Kier alpha value is -0.580. The van der Waals surface area contributed by atoms with Crippen molar-refractivity contribution < 1.29 is 5.11 Å². The SMILES string of the molecule is Cc1nn(C)c(Cl)c1CNC(C)(C)C(C)(C)O. The van der Waals surface area contributed by atoms with Gasteiger partial charge in [0, 0.05) is 24.7 Å². The van der Waals surface area contributed by atoms with Crippen LogP contribution in [0.2, 0.25) is 5.15 Å². The molecular formula is C12H22ClN3O. The van der Waals surface area contributed by atoms with Crippen molar-refractivity contribution in [2.45, 2.75) is 52.3 Å². The molecule has 0 saturated heterocycles. The monoisotopic (exact) mass is 259 g/mol. The first-order valence-corrected chi connectivity index (χ1v) is 6.09. The number of halogens is 1. The van der Waals surface area contributed by atoms with Crippen molar-refractivity contribution in [2.24, 2.45) is 7.05 Å². The Bertz CT molecular complexity index is 405. The highest BCUT2D eigenvalue weighted by atomic mass is 35.5. The van der Waals surface area contributed by atoms with E-state index >= 15 is 0 Å². The van der Waals surface area contributed by atoms with E-state index in [1.54, 1.807) is 18.5 Å². The van der Waals surface area contributed by atoms with Gasteiger partial charge in [0.2, 0.25) is 0 Å². The van der Waals surface area contributed by atoms with Gasteiger partial charge in [-0.25, -0.2) is 0 Å². The summed E-state index contributed by atoms with van der Waals surface area (Å²) in [4.78, 5) is 0. The van der Waals surface area contributed by atoms with Gasteiger partial charge in [0.15, 0.2) is 0 Å². The zero-order valence-electron chi connectivity index (χ0n) is 11.4. The lowest BCUT2D eigenvalue weighted by Gasteiger charge is -2.38. The van der Waals surface area contributed by atoms with Crippen molar-refractivity contribution in [3.05, 3.63) is 16.4 Å². The molecular weight excluding hydrogens is 238 g/mol. The van der Waals surface area contributed by atoms with Crippen molar-refractivity contribution in [1.82, 2.24) is 15.1 Å². The number of hydrogen-bond acceptors (Lipinski definition) is 3. The average molecular weight is 260 g/mol. The van der Waals surface area contributed by atoms with Crippen LogP contribution in [0.3, 0.4) is 0 Å². The molecule has 1 aromatic rings. The summed E-state index contributed by atoms with van der Waals surface area (Å²) in [5.74, 6) is 0. The molecule has 0 aliphatic rings. The van der Waals surface area contributed by atoms with Gasteiger partial charge >= 0.3 is 0 Å². The second-order valence-electron chi connectivity index (χ2n) is 5.52. The Morgan fingerprint density at radius 1 is 1.35 bits per heavy atom. The summed E-state index contributed by atoms with van der Waals surface area (Å²) >= 11 is 6.16. The van der Waals surface area contributed by atoms with E-state index < -0.39 is 11.1 Å². The average Bonchev–Trinajstić information content (AvgIpc) is 2.37. The van der Waals surface area contributed by atoms with Crippen LogP contribution in [0.5, 0.6) is 0 Å². The molecule has 0 radical (unpaired) electrons. The molecule has 4 nitrogen and oxygen atoms in total. The third-order valence-corrected chi connectivity index (χ3v) is 3.98. The van der Waals surface area contributed by atoms with Crippen LogP contribution in [0, 0.1) is 6.92 Å². The second-order valence-corrected chi connectivity index (χ2v) is 5.87. The number of nitrogens with one attached hydrogen (secondary N) is 1. The van der Waals surface area contributed by atoms with Crippen LogP contribution >= 0.6 is 11.6 Å². The fraction of sp³-hybridized carbons (Fsp3) is 0.750. The Kier molecular flexibility index (Phi) is 3.91. The van der Waals surface area contributed by atoms with Crippen molar-refractivity contribution in [1.29, 1.82) is 0 Å². The van der Waals surface area contributed by atoms with Crippen LogP contribution < -0.4 is 5.32 Å². The maximum absolute atomic E-state index is 10.1. The zero-order valence-corrected chi connectivity index (χ0v) is 12.2. The first-order valence-electron chi connectivity index (χ1n) is 5.71. The summed E-state index contributed by atoms with van der Waals surface area (Å²) in [6, 6.07) is 0. The highest BCUT2D eigenvalue weighted by Crippen LogP contribution is 2.23. The summed E-state index contributed by atoms with van der Waals surface area (Å²) < 4.78 is 1.66. The predicted octanol–water partition coefficient (Wildman–Crippen LogP) is 2.02. The molecule has 0 unspecified atom stereocenters. The molecule has 0 saturated carbocycles. The van der Waals surface area contributed by atoms with Crippen LogP contribution in [0.25, 0.3) is 0 Å². The predicted molar refractivity (Wildman–Crippen MR) is 70.2 cm³/mol. The van der Waals surface area contributed by atoms with Crippen molar-refractivity contribution in [3.8, 4) is 0 Å². The van der Waals surface area contributed by atoms with E-state index in [1.165, 1.54) is 0 Å². The first kappa shape index (κ1) is 14.5. The van der Waals surface area contributed by atoms with Gasteiger partial charge in [-0.2, -0.15) is 5.10 Å². The molecule has 1 rings (SSSR count). The molecule has 0 amide bonds. The number of aryl methyl sites for hydroxylation is 2. The molecule has 5 heteroatoms. The molecule has 0 aliphatic carbocycles. The van der Waals surface area contributed by atoms with Gasteiger partial charge in [-0.15, -0.1) is 0 Å². The Morgan fingerprint density at radius 2 is 1.88 bits per heavy atom. The fourth-order valence-corrected chi connectivity index (χ4v) is 1.64. The summed E-state index contributed by atoms with van der Waals surface area (Å²) in [6.07, 6.45) is 0. The molecule has 98 valence electrons. The van der Waals surface area contributed by atoms with Gasteiger partial charge in [-0.1, -0.05) is 11.6 Å². The van der Waals surface area contributed by atoms with Crippen molar-refractivity contribution in [3.63, 3.8) is 0 Å². The molecule has 17 heavy (non-hydrogen) atoms. The summed E-state index contributed by atoms with van der Waals surface area (Å²) in [7, 11) is 1.82. The van der Waals surface area contributed by atoms with Crippen LogP contribution in [0.15, 0.2) is 0 Å². The molecule has 0 aromatic carbocycles. The molecule has 0 fully saturated rings. The zero-order chi connectivity index (χ0) is 13.4. The van der Waals surface area contributed by atoms with Gasteiger partial charge in [-0.05, 0) is 34.6 Å². The van der Waals surface area contributed by atoms with E-state index in [0.717, 1.165) is 11.3 Å². The minimum absolute atomic E-state index is 0.404. The summed E-state index contributed by atoms with van der Waals surface area (Å²) in [6.45, 7) is 10.0. The fourth-order valence-electron chi connectivity index (χ4n) is 1.40. The van der Waals surface area contributed by atoms with Gasteiger partial charge in [-0.3, -0.25) is 4.68 Å². The lowest BCUT2D eigenvalue weighted by atomic mass is 9.86. The number of aromatic nitrogens is 2. The third-order valence-electron chi connectivity index (χ3n) is 3.51. The summed E-state index contributed by atoms with van der Waals surface area (Å²) in [5.41, 5.74) is 0.678. The number of nitrogens with zero attached hydrogens (tertiary/aromatic N) is 2. The standard InChI is InChI=1S/C12H22ClN3O/c1-8-9(10(13)16(6)15-8)7-14-11(2,3)12(4,5)17/h14,17H,7H2,1-6H3. The van der Waals surface area contributed by atoms with Gasteiger partial charge in [0.25, 0.3) is 0 Å². The second kappa shape index (κ2) is 4.59. The Morgan fingerprint density at radius 3 is 2.24 bits per heavy atom. The molecule has 2 N–H and O–H groups in total. The van der Waals surface area contributed by atoms with E-state index in [9.17, 15) is 5.11 Å². The molecule has 0 spiro atoms. The van der Waals surface area contributed by atoms with Crippen LogP contribution in [-0.2, 0) is 13.6 Å². The first-order chi connectivity index (χ1) is 7.56. The molecule has 1 aromatic heterocycles. The number of aliphatic hydroxyl groups is 1. The van der Waals surface area contributed by atoms with Gasteiger partial charge < -0.3 is 10.4 Å². The van der Waals surface area contributed by atoms with Crippen molar-refractivity contribution >= 4 is 11.6 Å². The quantitative estimate of drug-likeness (QED) is 0.870. The number of hydrogen-bond donors (Lipinski definition) is 2. The number of rotatable bonds is 4. The Balaban J connectivity index is 2.81. The minimum Gasteiger partial charge on any atom is -0.389 e. The van der Waals surface area contributed by atoms with Crippen LogP contribution in [-0.4, -0.2) is 26.0 Å². The topological polar surface area (TPSA) is 50.1 Å². The highest BCUT2D eigenvalue weighted by molar-refractivity contribution is 6.30. The van der Waals surface area contributed by atoms with E-state index in [1.807, 2.05) is 27.8 Å². The van der Waals surface area contributed by atoms with Crippen LogP contribution in [0.4, 0.5) is 0 Å². The molecule has 0 bridgehead atoms. The Labute approximate surface area is 108 Å². The third kappa shape index (κ3) is 3.00. The van der Waals surface area contributed by atoms with E-state index in [2.05, 4.69) is 10.4 Å². The van der Waals surface area contributed by atoms with E-state index in [0.29, 0.717) is 11.7 Å². The maximum Gasteiger partial charge on any atom is 0.131 e. The smallest absolute Gasteiger partial charge is 0.131 e. The molecule has 0 aliphatic heterocycles. The maximum atomic E-state index is 10.1. The summed E-state index contributed by atoms with van der Waals surface area (Å²) in [5, 5.41) is 18.3. The van der Waals surface area contributed by atoms with E-state index in [4.69, 9.17) is 11.6 Å². The van der Waals surface area contributed by atoms with E-state index in [-0.39, 0.29) is 0 Å².